The molecule has 0 spiro atoms. The van der Waals surface area contributed by atoms with Gasteiger partial charge in [-0.05, 0) is 24.1 Å². The molecule has 4 nitrogen and oxygen atoms in total. The third-order valence-electron chi connectivity index (χ3n) is 5.45. The zero-order valence-corrected chi connectivity index (χ0v) is 13.3. The molecule has 2 aliphatic rings. The van der Waals surface area contributed by atoms with Gasteiger partial charge in [-0.25, -0.2) is 4.68 Å². The molecule has 1 aromatic heterocycles. The van der Waals surface area contributed by atoms with Gasteiger partial charge in [0.2, 0.25) is 0 Å². The van der Waals surface area contributed by atoms with Crippen molar-refractivity contribution in [2.75, 3.05) is 5.32 Å². The van der Waals surface area contributed by atoms with Crippen molar-refractivity contribution in [3.8, 4) is 22.5 Å². The van der Waals surface area contributed by atoms with E-state index in [1.807, 2.05) is 0 Å². The summed E-state index contributed by atoms with van der Waals surface area (Å²) in [5, 5.41) is 12.7. The second kappa shape index (κ2) is 4.25. The number of para-hydroxylation sites is 1. The third kappa shape index (κ3) is 1.47. The molecule has 5 heteroatoms. The topological polar surface area (TPSA) is 42.7 Å². The lowest BCUT2D eigenvalue weighted by atomic mass is 9.58. The second-order valence-electron chi connectivity index (χ2n) is 6.56. The van der Waals surface area contributed by atoms with E-state index in [9.17, 15) is 0 Å². The highest BCUT2D eigenvalue weighted by Crippen LogP contribution is 2.49. The first-order valence-corrected chi connectivity index (χ1v) is 8.16. The van der Waals surface area contributed by atoms with Crippen molar-refractivity contribution < 1.29 is 0 Å². The van der Waals surface area contributed by atoms with Crippen LogP contribution < -0.4 is 5.32 Å². The van der Waals surface area contributed by atoms with E-state index in [1.165, 1.54) is 22.4 Å². The average Bonchev–Trinajstić information content (AvgIpc) is 3.11. The van der Waals surface area contributed by atoms with Crippen LogP contribution in [-0.2, 0) is 12.0 Å². The van der Waals surface area contributed by atoms with Crippen molar-refractivity contribution in [1.82, 2.24) is 15.0 Å². The molecule has 0 saturated heterocycles. The van der Waals surface area contributed by atoms with Gasteiger partial charge in [-0.15, -0.1) is 5.10 Å². The van der Waals surface area contributed by atoms with Crippen LogP contribution in [-0.4, -0.2) is 22.3 Å². The Bertz CT molecular complexity index is 946. The largest absolute Gasteiger partial charge is 0.380 e. The predicted octanol–water partition coefficient (Wildman–Crippen LogP) is 3.06. The van der Waals surface area contributed by atoms with E-state index in [0.29, 0.717) is 0 Å². The summed E-state index contributed by atoms with van der Waals surface area (Å²) >= 11 is 0. The SMILES string of the molecule is CB[C@]1(C)c2cccc3c2-c2c(nnn21)-c1ccccc1NC3. The lowest BCUT2D eigenvalue weighted by molar-refractivity contribution is 0.501. The minimum absolute atomic E-state index is 0.120. The molecule has 0 unspecified atom stereocenters. The van der Waals surface area contributed by atoms with Crippen molar-refractivity contribution >= 4 is 13.0 Å². The number of fused-ring (bicyclic) bond motifs is 2. The lowest BCUT2D eigenvalue weighted by Gasteiger charge is -2.24. The van der Waals surface area contributed by atoms with Crippen molar-refractivity contribution in [2.45, 2.75) is 25.7 Å². The number of anilines is 1. The highest BCUT2D eigenvalue weighted by atomic mass is 15.5. The number of hydrogen-bond acceptors (Lipinski definition) is 3. The Morgan fingerprint density at radius 3 is 2.91 bits per heavy atom. The standard InChI is InChI=1S/C18H17BN4/c1-18(19-2)13-8-5-6-11-10-20-14-9-4-3-7-12(14)16-17(15(11)13)23(18)22-21-16/h3-9,19-20H,10H2,1-2H3/t18-/m0/s1. The number of aromatic nitrogens is 3. The first-order chi connectivity index (χ1) is 11.2. The van der Waals surface area contributed by atoms with Gasteiger partial charge >= 0.3 is 0 Å². The van der Waals surface area contributed by atoms with Crippen LogP contribution in [0.15, 0.2) is 42.5 Å². The molecule has 5 rings (SSSR count). The Balaban J connectivity index is 1.94. The van der Waals surface area contributed by atoms with E-state index in [2.05, 4.69) is 76.5 Å². The van der Waals surface area contributed by atoms with Crippen LogP contribution in [0.1, 0.15) is 18.1 Å². The van der Waals surface area contributed by atoms with Gasteiger partial charge in [-0.3, -0.25) is 0 Å². The number of hydrogen-bond donors (Lipinski definition) is 1. The predicted molar refractivity (Wildman–Crippen MR) is 94.0 cm³/mol. The van der Waals surface area contributed by atoms with E-state index in [4.69, 9.17) is 0 Å². The molecule has 112 valence electrons. The summed E-state index contributed by atoms with van der Waals surface area (Å²) in [5.74, 6) is 0. The van der Waals surface area contributed by atoms with Crippen molar-refractivity contribution in [2.24, 2.45) is 0 Å². The Morgan fingerprint density at radius 2 is 2.04 bits per heavy atom. The van der Waals surface area contributed by atoms with E-state index >= 15 is 0 Å². The highest BCUT2D eigenvalue weighted by molar-refractivity contribution is 6.39. The Morgan fingerprint density at radius 1 is 1.17 bits per heavy atom. The molecular weight excluding hydrogens is 283 g/mol. The molecule has 1 atom stereocenters. The quantitative estimate of drug-likeness (QED) is 0.702. The molecule has 0 bridgehead atoms. The Hall–Kier alpha value is -2.56. The van der Waals surface area contributed by atoms with Crippen LogP contribution in [0.5, 0.6) is 0 Å². The minimum Gasteiger partial charge on any atom is -0.380 e. The van der Waals surface area contributed by atoms with Gasteiger partial charge in [0.15, 0.2) is 7.28 Å². The van der Waals surface area contributed by atoms with Gasteiger partial charge < -0.3 is 5.32 Å². The summed E-state index contributed by atoms with van der Waals surface area (Å²) in [5.41, 5.74) is 8.30. The zero-order chi connectivity index (χ0) is 15.6. The molecular formula is C18H17BN4. The summed E-state index contributed by atoms with van der Waals surface area (Å²) in [6.07, 6.45) is 0. The van der Waals surface area contributed by atoms with Crippen molar-refractivity contribution in [1.29, 1.82) is 0 Å². The fourth-order valence-corrected chi connectivity index (χ4v) is 4.00. The van der Waals surface area contributed by atoms with Crippen molar-refractivity contribution in [3.63, 3.8) is 0 Å². The fourth-order valence-electron chi connectivity index (χ4n) is 4.00. The van der Waals surface area contributed by atoms with Gasteiger partial charge in [-0.1, -0.05) is 48.4 Å². The number of nitrogens with one attached hydrogen (secondary N) is 1. The van der Waals surface area contributed by atoms with E-state index < -0.39 is 0 Å². The maximum absolute atomic E-state index is 4.56. The van der Waals surface area contributed by atoms with Gasteiger partial charge in [0.25, 0.3) is 0 Å². The number of rotatable bonds is 1. The van der Waals surface area contributed by atoms with E-state index in [1.54, 1.807) is 0 Å². The van der Waals surface area contributed by atoms with Crippen LogP contribution in [0, 0.1) is 0 Å². The highest BCUT2D eigenvalue weighted by Gasteiger charge is 2.43. The first kappa shape index (κ1) is 12.9. The van der Waals surface area contributed by atoms with Gasteiger partial charge in [-0.2, -0.15) is 0 Å². The molecule has 0 fully saturated rings. The van der Waals surface area contributed by atoms with Gasteiger partial charge in [0.1, 0.15) is 5.69 Å². The molecule has 23 heavy (non-hydrogen) atoms. The summed E-state index contributed by atoms with van der Waals surface area (Å²) in [7, 11) is 0.994. The number of nitrogens with zero attached hydrogens (tertiary/aromatic N) is 3. The van der Waals surface area contributed by atoms with E-state index in [0.717, 1.165) is 30.8 Å². The molecule has 0 saturated carbocycles. The fraction of sp³-hybridized carbons (Fsp3) is 0.222. The molecule has 3 heterocycles. The smallest absolute Gasteiger partial charge is 0.158 e. The van der Waals surface area contributed by atoms with Crippen LogP contribution in [0.2, 0.25) is 6.82 Å². The summed E-state index contributed by atoms with van der Waals surface area (Å²) in [6, 6.07) is 15.0. The first-order valence-electron chi connectivity index (χ1n) is 8.16. The molecule has 0 amide bonds. The minimum atomic E-state index is -0.120. The lowest BCUT2D eigenvalue weighted by Crippen LogP contribution is -2.34. The Labute approximate surface area is 135 Å². The molecule has 1 N–H and O–H groups in total. The Kier molecular flexibility index (Phi) is 2.39. The summed E-state index contributed by atoms with van der Waals surface area (Å²) in [4.78, 5) is 0. The second-order valence-corrected chi connectivity index (χ2v) is 6.56. The monoisotopic (exact) mass is 300 g/mol. The van der Waals surface area contributed by atoms with Gasteiger partial charge in [0, 0.05) is 23.4 Å². The van der Waals surface area contributed by atoms with Crippen molar-refractivity contribution in [3.05, 3.63) is 53.6 Å². The number of benzene rings is 2. The van der Waals surface area contributed by atoms with Gasteiger partial charge in [0.05, 0.1) is 11.1 Å². The molecule has 0 aliphatic carbocycles. The molecule has 2 aromatic carbocycles. The average molecular weight is 300 g/mol. The van der Waals surface area contributed by atoms with Crippen LogP contribution in [0.3, 0.4) is 0 Å². The summed E-state index contributed by atoms with van der Waals surface area (Å²) in [6.45, 7) is 5.31. The normalized spacial score (nSPS) is 20.1. The van der Waals surface area contributed by atoms with Crippen LogP contribution in [0.25, 0.3) is 22.5 Å². The maximum Gasteiger partial charge on any atom is 0.158 e. The molecule has 3 aromatic rings. The molecule has 0 radical (unpaired) electrons. The third-order valence-corrected chi connectivity index (χ3v) is 5.45. The maximum atomic E-state index is 4.56. The zero-order valence-electron chi connectivity index (χ0n) is 13.3. The van der Waals surface area contributed by atoms with Crippen LogP contribution >= 0.6 is 0 Å². The summed E-state index contributed by atoms with van der Waals surface area (Å²) < 4.78 is 2.14. The molecule has 2 aliphatic heterocycles. The van der Waals surface area contributed by atoms with Crippen LogP contribution in [0.4, 0.5) is 5.69 Å². The van der Waals surface area contributed by atoms with E-state index in [-0.39, 0.29) is 5.44 Å².